The number of pyridine rings is 1. The van der Waals surface area contributed by atoms with Crippen LogP contribution in [0.4, 0.5) is 0 Å². The second-order valence-corrected chi connectivity index (χ2v) is 7.45. The van der Waals surface area contributed by atoms with Gasteiger partial charge >= 0.3 is 0 Å². The summed E-state index contributed by atoms with van der Waals surface area (Å²) in [5, 5.41) is 0. The summed E-state index contributed by atoms with van der Waals surface area (Å²) in [6.07, 6.45) is 1.96. The first kappa shape index (κ1) is 21.1. The molecule has 0 radical (unpaired) electrons. The highest BCUT2D eigenvalue weighted by atomic mass is 79.9. The number of rotatable bonds is 6. The minimum Gasteiger partial charge on any atom is -0.493 e. The molecule has 2 amide bonds. The van der Waals surface area contributed by atoms with Crippen molar-refractivity contribution < 1.29 is 19.1 Å². The number of piperazine rings is 1. The van der Waals surface area contributed by atoms with Gasteiger partial charge < -0.3 is 19.3 Å². The second-order valence-electron chi connectivity index (χ2n) is 6.59. The van der Waals surface area contributed by atoms with Crippen LogP contribution in [-0.4, -0.2) is 66.5 Å². The van der Waals surface area contributed by atoms with Crippen molar-refractivity contribution in [2.24, 2.45) is 0 Å². The summed E-state index contributed by atoms with van der Waals surface area (Å²) in [7, 11) is 1.55. The lowest BCUT2D eigenvalue weighted by atomic mass is 10.1. The molecular weight excluding hydrogens is 438 g/mol. The number of carbonyl (C=O) groups excluding carboxylic acids is 2. The van der Waals surface area contributed by atoms with E-state index in [0.29, 0.717) is 54.3 Å². The Morgan fingerprint density at radius 3 is 2.48 bits per heavy atom. The van der Waals surface area contributed by atoms with Crippen molar-refractivity contribution in [1.82, 2.24) is 14.8 Å². The van der Waals surface area contributed by atoms with E-state index in [-0.39, 0.29) is 18.2 Å². The fourth-order valence-corrected chi connectivity index (χ4v) is 3.80. The van der Waals surface area contributed by atoms with E-state index in [9.17, 15) is 9.59 Å². The van der Waals surface area contributed by atoms with Crippen LogP contribution in [0.15, 0.2) is 41.0 Å². The van der Waals surface area contributed by atoms with Gasteiger partial charge in [0.2, 0.25) is 5.91 Å². The van der Waals surface area contributed by atoms with Crippen LogP contribution in [-0.2, 0) is 11.2 Å². The molecule has 3 rings (SSSR count). The van der Waals surface area contributed by atoms with Gasteiger partial charge in [-0.15, -0.1) is 0 Å². The number of methoxy groups -OCH3 is 1. The van der Waals surface area contributed by atoms with Gasteiger partial charge in [0.25, 0.3) is 5.91 Å². The first-order valence-corrected chi connectivity index (χ1v) is 10.3. The van der Waals surface area contributed by atoms with Gasteiger partial charge in [-0.1, -0.05) is 6.07 Å². The number of nitrogens with zero attached hydrogens (tertiary/aromatic N) is 3. The van der Waals surface area contributed by atoms with Crippen molar-refractivity contribution >= 4 is 27.7 Å². The van der Waals surface area contributed by atoms with E-state index >= 15 is 0 Å². The lowest BCUT2D eigenvalue weighted by Crippen LogP contribution is -2.51. The predicted octanol–water partition coefficient (Wildman–Crippen LogP) is 2.78. The summed E-state index contributed by atoms with van der Waals surface area (Å²) in [4.78, 5) is 33.2. The van der Waals surface area contributed by atoms with Gasteiger partial charge in [-0.05, 0) is 47.1 Å². The molecule has 1 aliphatic heterocycles. The average Bonchev–Trinajstić information content (AvgIpc) is 2.75. The highest BCUT2D eigenvalue weighted by molar-refractivity contribution is 9.10. The molecule has 0 N–H and O–H groups in total. The molecule has 1 aromatic carbocycles. The molecule has 1 aliphatic rings. The van der Waals surface area contributed by atoms with Crippen molar-refractivity contribution in [3.8, 4) is 11.5 Å². The van der Waals surface area contributed by atoms with E-state index in [4.69, 9.17) is 9.47 Å². The predicted molar refractivity (Wildman–Crippen MR) is 112 cm³/mol. The Bertz CT molecular complexity index is 868. The maximum Gasteiger partial charge on any atom is 0.254 e. The zero-order chi connectivity index (χ0) is 20.8. The third kappa shape index (κ3) is 5.06. The second kappa shape index (κ2) is 9.73. The van der Waals surface area contributed by atoms with Crippen LogP contribution in [0.25, 0.3) is 0 Å². The number of carbonyl (C=O) groups is 2. The Morgan fingerprint density at radius 2 is 1.86 bits per heavy atom. The maximum atomic E-state index is 13.0. The number of halogens is 1. The van der Waals surface area contributed by atoms with Crippen molar-refractivity contribution in [2.75, 3.05) is 39.9 Å². The standard InChI is InChI=1S/C21H24BrN3O4/c1-3-29-20-17(22)12-15(13-18(20)28-2)21(27)25-10-8-24(9-11-25)19(26)14-16-6-4-5-7-23-16/h4-7,12-13H,3,8-11,14H2,1-2H3. The van der Waals surface area contributed by atoms with Crippen molar-refractivity contribution in [1.29, 1.82) is 0 Å². The molecule has 0 unspecified atom stereocenters. The Kier molecular flexibility index (Phi) is 7.09. The molecule has 2 heterocycles. The fourth-order valence-electron chi connectivity index (χ4n) is 3.24. The first-order chi connectivity index (χ1) is 14.0. The molecule has 154 valence electrons. The summed E-state index contributed by atoms with van der Waals surface area (Å²) in [5.41, 5.74) is 1.27. The molecule has 2 aromatic rings. The molecule has 7 nitrogen and oxygen atoms in total. The molecule has 1 fully saturated rings. The Hall–Kier alpha value is -2.61. The van der Waals surface area contributed by atoms with Crippen LogP contribution < -0.4 is 9.47 Å². The average molecular weight is 462 g/mol. The zero-order valence-electron chi connectivity index (χ0n) is 16.6. The summed E-state index contributed by atoms with van der Waals surface area (Å²) >= 11 is 3.46. The molecule has 1 aromatic heterocycles. The lowest BCUT2D eigenvalue weighted by Gasteiger charge is -2.35. The normalized spacial score (nSPS) is 13.9. The quantitative estimate of drug-likeness (QED) is 0.661. The van der Waals surface area contributed by atoms with Gasteiger partial charge in [-0.3, -0.25) is 14.6 Å². The minimum absolute atomic E-state index is 0.0290. The molecular formula is C21H24BrN3O4. The van der Waals surface area contributed by atoms with Gasteiger partial charge in [0.1, 0.15) is 0 Å². The summed E-state index contributed by atoms with van der Waals surface area (Å²) < 4.78 is 11.6. The molecule has 0 atom stereocenters. The zero-order valence-corrected chi connectivity index (χ0v) is 18.1. The highest BCUT2D eigenvalue weighted by Gasteiger charge is 2.26. The SMILES string of the molecule is CCOc1c(Br)cc(C(=O)N2CCN(C(=O)Cc3ccccn3)CC2)cc1OC. The van der Waals surface area contributed by atoms with Crippen molar-refractivity contribution in [3.63, 3.8) is 0 Å². The smallest absolute Gasteiger partial charge is 0.254 e. The third-order valence-corrected chi connectivity index (χ3v) is 5.33. The summed E-state index contributed by atoms with van der Waals surface area (Å²) in [6, 6.07) is 8.97. The van der Waals surface area contributed by atoms with Gasteiger partial charge in [0.05, 0.1) is 24.6 Å². The van der Waals surface area contributed by atoms with E-state index in [0.717, 1.165) is 5.69 Å². The Labute approximate surface area is 178 Å². The number of hydrogen-bond donors (Lipinski definition) is 0. The number of benzene rings is 1. The number of aromatic nitrogens is 1. The maximum absolute atomic E-state index is 13.0. The number of ether oxygens (including phenoxy) is 2. The van der Waals surface area contributed by atoms with Gasteiger partial charge in [0.15, 0.2) is 11.5 Å². The van der Waals surface area contributed by atoms with Crippen LogP contribution in [0.3, 0.4) is 0 Å². The van der Waals surface area contributed by atoms with E-state index in [2.05, 4.69) is 20.9 Å². The van der Waals surface area contributed by atoms with Gasteiger partial charge in [-0.25, -0.2) is 0 Å². The molecule has 0 saturated carbocycles. The van der Waals surface area contributed by atoms with Crippen molar-refractivity contribution in [3.05, 3.63) is 52.3 Å². The van der Waals surface area contributed by atoms with Crippen LogP contribution in [0.1, 0.15) is 23.0 Å². The molecule has 29 heavy (non-hydrogen) atoms. The lowest BCUT2D eigenvalue weighted by molar-refractivity contribution is -0.132. The molecule has 1 saturated heterocycles. The van der Waals surface area contributed by atoms with Crippen molar-refractivity contribution in [2.45, 2.75) is 13.3 Å². The van der Waals surface area contributed by atoms with E-state index in [1.54, 1.807) is 35.2 Å². The van der Waals surface area contributed by atoms with Crippen LogP contribution >= 0.6 is 15.9 Å². The van der Waals surface area contributed by atoms with Gasteiger partial charge in [0, 0.05) is 43.6 Å². The van der Waals surface area contributed by atoms with E-state index in [1.165, 1.54) is 0 Å². The summed E-state index contributed by atoms with van der Waals surface area (Å²) in [6.45, 7) is 4.37. The monoisotopic (exact) mass is 461 g/mol. The van der Waals surface area contributed by atoms with E-state index < -0.39 is 0 Å². The molecule has 0 spiro atoms. The third-order valence-electron chi connectivity index (χ3n) is 4.74. The highest BCUT2D eigenvalue weighted by Crippen LogP contribution is 2.37. The minimum atomic E-state index is -0.0936. The fraction of sp³-hybridized carbons (Fsp3) is 0.381. The molecule has 0 aliphatic carbocycles. The number of amides is 2. The van der Waals surface area contributed by atoms with E-state index in [1.807, 2.05) is 25.1 Å². The van der Waals surface area contributed by atoms with Crippen LogP contribution in [0.2, 0.25) is 0 Å². The summed E-state index contributed by atoms with van der Waals surface area (Å²) in [5.74, 6) is 1.02. The topological polar surface area (TPSA) is 72.0 Å². The van der Waals surface area contributed by atoms with Gasteiger partial charge in [-0.2, -0.15) is 0 Å². The Morgan fingerprint density at radius 1 is 1.14 bits per heavy atom. The molecule has 8 heteroatoms. The van der Waals surface area contributed by atoms with Crippen LogP contribution in [0.5, 0.6) is 11.5 Å². The number of hydrogen-bond acceptors (Lipinski definition) is 5. The Balaban J connectivity index is 1.62. The first-order valence-electron chi connectivity index (χ1n) is 9.50. The molecule has 0 bridgehead atoms. The van der Waals surface area contributed by atoms with Crippen LogP contribution in [0, 0.1) is 0 Å². The largest absolute Gasteiger partial charge is 0.493 e.